The molecule has 0 saturated carbocycles. The summed E-state index contributed by atoms with van der Waals surface area (Å²) in [4.78, 5) is 43.0. The first-order chi connectivity index (χ1) is 17.0. The molecular formula is C27H32FN3O4. The summed E-state index contributed by atoms with van der Waals surface area (Å²) in [6.07, 6.45) is 4.17. The van der Waals surface area contributed by atoms with Crippen LogP contribution in [0.1, 0.15) is 52.8 Å². The topological polar surface area (TPSA) is 79.0 Å². The minimum atomic E-state index is -0.668. The number of piperidine rings is 2. The van der Waals surface area contributed by atoms with Crippen LogP contribution < -0.4 is 10.1 Å². The highest BCUT2D eigenvalue weighted by Crippen LogP contribution is 2.25. The van der Waals surface area contributed by atoms with E-state index in [-0.39, 0.29) is 23.6 Å². The van der Waals surface area contributed by atoms with Gasteiger partial charge >= 0.3 is 0 Å². The maximum atomic E-state index is 13.6. The van der Waals surface area contributed by atoms with Crippen LogP contribution >= 0.6 is 0 Å². The zero-order chi connectivity index (χ0) is 24.8. The Hall–Kier alpha value is -3.42. The van der Waals surface area contributed by atoms with Gasteiger partial charge in [-0.05, 0) is 74.4 Å². The minimum Gasteiger partial charge on any atom is -0.497 e. The third-order valence-corrected chi connectivity index (χ3v) is 6.92. The van der Waals surface area contributed by atoms with Gasteiger partial charge in [0.05, 0.1) is 7.11 Å². The van der Waals surface area contributed by atoms with E-state index in [0.29, 0.717) is 55.9 Å². The third kappa shape index (κ3) is 5.99. The number of methoxy groups -OCH3 is 1. The van der Waals surface area contributed by atoms with E-state index in [1.54, 1.807) is 42.3 Å². The van der Waals surface area contributed by atoms with Crippen molar-refractivity contribution in [2.75, 3.05) is 33.3 Å². The van der Waals surface area contributed by atoms with Gasteiger partial charge < -0.3 is 19.9 Å². The van der Waals surface area contributed by atoms with Gasteiger partial charge in [-0.2, -0.15) is 0 Å². The molecule has 1 unspecified atom stereocenters. The van der Waals surface area contributed by atoms with E-state index in [9.17, 15) is 18.8 Å². The molecule has 7 nitrogen and oxygen atoms in total. The number of halogens is 1. The molecule has 0 bridgehead atoms. The maximum absolute atomic E-state index is 13.6. The Morgan fingerprint density at radius 2 is 1.60 bits per heavy atom. The summed E-state index contributed by atoms with van der Waals surface area (Å²) >= 11 is 0. The summed E-state index contributed by atoms with van der Waals surface area (Å²) in [5, 5.41) is 3.00. The Labute approximate surface area is 205 Å². The van der Waals surface area contributed by atoms with Crippen molar-refractivity contribution in [2.45, 2.75) is 38.1 Å². The number of hydrogen-bond acceptors (Lipinski definition) is 4. The number of rotatable bonds is 6. The molecule has 1 atom stereocenters. The largest absolute Gasteiger partial charge is 0.497 e. The van der Waals surface area contributed by atoms with Gasteiger partial charge in [0.1, 0.15) is 17.6 Å². The first-order valence-electron chi connectivity index (χ1n) is 12.2. The molecule has 35 heavy (non-hydrogen) atoms. The lowest BCUT2D eigenvalue weighted by Gasteiger charge is -2.38. The average molecular weight is 482 g/mol. The standard InChI is InChI=1S/C27H32FN3O4/c1-35-23-10-6-7-20(18-23)25(32)29-24(27(34)30-13-3-2-4-14-30)19-11-15-31(16-12-19)26(33)21-8-5-9-22(28)17-21/h5-10,17-19,24H,2-4,11-16H2,1H3,(H,29,32). The number of benzene rings is 2. The lowest BCUT2D eigenvalue weighted by molar-refractivity contribution is -0.136. The Bertz CT molecular complexity index is 1060. The molecule has 2 aliphatic heterocycles. The van der Waals surface area contributed by atoms with E-state index in [1.807, 2.05) is 4.90 Å². The number of nitrogens with zero attached hydrogens (tertiary/aromatic N) is 2. The molecule has 2 aromatic carbocycles. The monoisotopic (exact) mass is 481 g/mol. The van der Waals surface area contributed by atoms with Crippen LogP contribution in [0.4, 0.5) is 4.39 Å². The molecule has 2 heterocycles. The molecule has 0 radical (unpaired) electrons. The third-order valence-electron chi connectivity index (χ3n) is 6.92. The molecule has 2 fully saturated rings. The highest BCUT2D eigenvalue weighted by molar-refractivity contribution is 5.98. The SMILES string of the molecule is COc1cccc(C(=O)NC(C(=O)N2CCCCC2)C2CCN(C(=O)c3cccc(F)c3)CC2)c1. The Kier molecular flexibility index (Phi) is 8.00. The molecule has 8 heteroatoms. The Morgan fingerprint density at radius 1 is 0.914 bits per heavy atom. The predicted octanol–water partition coefficient (Wildman–Crippen LogP) is 3.50. The van der Waals surface area contributed by atoms with E-state index < -0.39 is 11.9 Å². The molecule has 3 amide bonds. The smallest absolute Gasteiger partial charge is 0.253 e. The van der Waals surface area contributed by atoms with Crippen LogP contribution in [0.5, 0.6) is 5.75 Å². The van der Waals surface area contributed by atoms with E-state index >= 15 is 0 Å². The van der Waals surface area contributed by atoms with E-state index in [2.05, 4.69) is 5.32 Å². The van der Waals surface area contributed by atoms with Crippen molar-refractivity contribution in [1.29, 1.82) is 0 Å². The molecule has 2 aromatic rings. The normalized spacial score (nSPS) is 17.5. The quantitative estimate of drug-likeness (QED) is 0.685. The fraction of sp³-hybridized carbons (Fsp3) is 0.444. The van der Waals surface area contributed by atoms with Crippen LogP contribution in [0.25, 0.3) is 0 Å². The van der Waals surface area contributed by atoms with Gasteiger partial charge in [-0.1, -0.05) is 12.1 Å². The van der Waals surface area contributed by atoms with Crippen molar-refractivity contribution in [1.82, 2.24) is 15.1 Å². The van der Waals surface area contributed by atoms with Crippen molar-refractivity contribution in [3.8, 4) is 5.75 Å². The van der Waals surface area contributed by atoms with Crippen molar-refractivity contribution in [3.05, 3.63) is 65.5 Å². The van der Waals surface area contributed by atoms with E-state index in [0.717, 1.165) is 19.3 Å². The average Bonchev–Trinajstić information content (AvgIpc) is 2.91. The molecular weight excluding hydrogens is 449 g/mol. The second-order valence-corrected chi connectivity index (χ2v) is 9.21. The molecule has 2 aliphatic rings. The predicted molar refractivity (Wildman–Crippen MR) is 130 cm³/mol. The van der Waals surface area contributed by atoms with Crippen molar-refractivity contribution in [3.63, 3.8) is 0 Å². The van der Waals surface area contributed by atoms with Crippen LogP contribution in [0, 0.1) is 11.7 Å². The van der Waals surface area contributed by atoms with Gasteiger partial charge in [-0.15, -0.1) is 0 Å². The fourth-order valence-corrected chi connectivity index (χ4v) is 4.92. The van der Waals surface area contributed by atoms with Crippen LogP contribution in [-0.2, 0) is 4.79 Å². The summed E-state index contributed by atoms with van der Waals surface area (Å²) in [5.41, 5.74) is 0.746. The number of nitrogens with one attached hydrogen (secondary N) is 1. The first kappa shape index (κ1) is 24.7. The van der Waals surface area contributed by atoms with Gasteiger partial charge in [0.2, 0.25) is 5.91 Å². The lowest BCUT2D eigenvalue weighted by atomic mass is 9.87. The summed E-state index contributed by atoms with van der Waals surface area (Å²) in [5.74, 6) is -0.579. The Morgan fingerprint density at radius 3 is 2.29 bits per heavy atom. The number of amides is 3. The molecule has 0 aromatic heterocycles. The summed E-state index contributed by atoms with van der Waals surface area (Å²) < 4.78 is 18.8. The highest BCUT2D eigenvalue weighted by Gasteiger charge is 2.36. The highest BCUT2D eigenvalue weighted by atomic mass is 19.1. The maximum Gasteiger partial charge on any atom is 0.253 e. The van der Waals surface area contributed by atoms with Crippen molar-refractivity contribution >= 4 is 17.7 Å². The van der Waals surface area contributed by atoms with Crippen molar-refractivity contribution in [2.24, 2.45) is 5.92 Å². The molecule has 2 saturated heterocycles. The van der Waals surface area contributed by atoms with Crippen LogP contribution in [0.15, 0.2) is 48.5 Å². The van der Waals surface area contributed by atoms with Gasteiger partial charge in [-0.25, -0.2) is 4.39 Å². The molecule has 0 spiro atoms. The van der Waals surface area contributed by atoms with Gasteiger partial charge in [0.15, 0.2) is 0 Å². The number of carbonyl (C=O) groups excluding carboxylic acids is 3. The number of carbonyl (C=O) groups is 3. The summed E-state index contributed by atoms with van der Waals surface area (Å²) in [6.45, 7) is 2.28. The van der Waals surface area contributed by atoms with E-state index in [1.165, 1.54) is 18.2 Å². The fourth-order valence-electron chi connectivity index (χ4n) is 4.92. The number of likely N-dealkylation sites (tertiary alicyclic amines) is 2. The van der Waals surface area contributed by atoms with E-state index in [4.69, 9.17) is 4.74 Å². The summed E-state index contributed by atoms with van der Waals surface area (Å²) in [7, 11) is 1.54. The number of hydrogen-bond donors (Lipinski definition) is 1. The van der Waals surface area contributed by atoms with Gasteiger partial charge in [0.25, 0.3) is 11.8 Å². The number of ether oxygens (including phenoxy) is 1. The minimum absolute atomic E-state index is 0.0594. The van der Waals surface area contributed by atoms with Crippen LogP contribution in [0.3, 0.4) is 0 Å². The van der Waals surface area contributed by atoms with Crippen molar-refractivity contribution < 1.29 is 23.5 Å². The lowest BCUT2D eigenvalue weighted by Crippen LogP contribution is -2.55. The summed E-state index contributed by atoms with van der Waals surface area (Å²) in [6, 6.07) is 11.9. The first-order valence-corrected chi connectivity index (χ1v) is 12.2. The zero-order valence-corrected chi connectivity index (χ0v) is 20.0. The molecule has 186 valence electrons. The molecule has 0 aliphatic carbocycles. The van der Waals surface area contributed by atoms with Gasteiger partial charge in [0, 0.05) is 37.3 Å². The Balaban J connectivity index is 1.47. The molecule has 4 rings (SSSR count). The second kappa shape index (κ2) is 11.3. The van der Waals surface area contributed by atoms with Crippen LogP contribution in [0.2, 0.25) is 0 Å². The van der Waals surface area contributed by atoms with Crippen LogP contribution in [-0.4, -0.2) is 66.9 Å². The molecule has 1 N–H and O–H groups in total. The zero-order valence-electron chi connectivity index (χ0n) is 20.0. The van der Waals surface area contributed by atoms with Gasteiger partial charge in [-0.3, -0.25) is 14.4 Å². The second-order valence-electron chi connectivity index (χ2n) is 9.21.